The number of ether oxygens (including phenoxy) is 1. The van der Waals surface area contributed by atoms with Gasteiger partial charge in [-0.1, -0.05) is 50.2 Å². The normalized spacial score (nSPS) is 33.0. The number of nitrogens with one attached hydrogen (secondary N) is 1. The Labute approximate surface area is 186 Å². The molecule has 5 atom stereocenters. The lowest BCUT2D eigenvalue weighted by atomic mass is 9.59. The molecule has 1 N–H and O–H groups in total. The fraction of sp³-hybridized carbons (Fsp3) is 0.519. The molecule has 31 heavy (non-hydrogen) atoms. The van der Waals surface area contributed by atoms with E-state index in [-0.39, 0.29) is 28.9 Å². The number of anilines is 1. The number of fused-ring (bicyclic) bond motifs is 1. The molecule has 2 saturated carbocycles. The summed E-state index contributed by atoms with van der Waals surface area (Å²) in [6.45, 7) is 5.48. The van der Waals surface area contributed by atoms with Gasteiger partial charge in [0.05, 0.1) is 6.10 Å². The molecule has 1 unspecified atom stereocenters. The zero-order chi connectivity index (χ0) is 21.8. The van der Waals surface area contributed by atoms with E-state index < -0.39 is 0 Å². The Balaban J connectivity index is 1.46. The molecule has 2 aromatic carbocycles. The maximum atomic E-state index is 13.4. The third-order valence-corrected chi connectivity index (χ3v) is 8.53. The highest BCUT2D eigenvalue weighted by Crippen LogP contribution is 2.70. The summed E-state index contributed by atoms with van der Waals surface area (Å²) in [6.07, 6.45) is 3.55. The van der Waals surface area contributed by atoms with Gasteiger partial charge in [-0.05, 0) is 65.7 Å². The molecule has 0 aromatic heterocycles. The second kappa shape index (κ2) is 7.37. The van der Waals surface area contributed by atoms with Gasteiger partial charge in [-0.2, -0.15) is 0 Å². The molecule has 3 fully saturated rings. The number of hydrogen-bond donors (Lipinski definition) is 1. The number of benzene rings is 2. The largest absolute Gasteiger partial charge is 0.378 e. The summed E-state index contributed by atoms with van der Waals surface area (Å²) < 4.78 is 6.36. The van der Waals surface area contributed by atoms with E-state index in [4.69, 9.17) is 4.74 Å². The minimum absolute atomic E-state index is 0.0465. The SMILES string of the molecule is CN(C)c1cccc(C(=O)N[C@H]2C(C)(C)[C@@H]3C[C@@H]4[C@@H](c5ccccc5)OCCC42C3)c1. The van der Waals surface area contributed by atoms with Crippen molar-refractivity contribution in [3.63, 3.8) is 0 Å². The van der Waals surface area contributed by atoms with Crippen molar-refractivity contribution >= 4 is 11.6 Å². The van der Waals surface area contributed by atoms with Crippen molar-refractivity contribution in [2.24, 2.45) is 22.7 Å². The van der Waals surface area contributed by atoms with Gasteiger partial charge in [-0.25, -0.2) is 0 Å². The van der Waals surface area contributed by atoms with Crippen LogP contribution in [0.25, 0.3) is 0 Å². The third kappa shape index (κ3) is 3.18. The first-order valence-electron chi connectivity index (χ1n) is 11.6. The highest BCUT2D eigenvalue weighted by molar-refractivity contribution is 5.95. The van der Waals surface area contributed by atoms with Gasteiger partial charge in [0, 0.05) is 38.0 Å². The number of nitrogens with zero attached hydrogens (tertiary/aromatic N) is 1. The molecule has 1 heterocycles. The molecule has 5 rings (SSSR count). The van der Waals surface area contributed by atoms with Crippen LogP contribution in [0.3, 0.4) is 0 Å². The summed E-state index contributed by atoms with van der Waals surface area (Å²) in [6, 6.07) is 18.7. The molecular formula is C27H34N2O2. The van der Waals surface area contributed by atoms with Crippen molar-refractivity contribution in [3.8, 4) is 0 Å². The minimum Gasteiger partial charge on any atom is -0.378 e. The highest BCUT2D eigenvalue weighted by Gasteiger charge is 2.68. The van der Waals surface area contributed by atoms with E-state index in [0.29, 0.717) is 11.8 Å². The first-order valence-corrected chi connectivity index (χ1v) is 11.6. The van der Waals surface area contributed by atoms with Gasteiger partial charge in [0.25, 0.3) is 5.91 Å². The monoisotopic (exact) mass is 418 g/mol. The number of rotatable bonds is 4. The predicted octanol–water partition coefficient (Wildman–Crippen LogP) is 5.07. The summed E-state index contributed by atoms with van der Waals surface area (Å²) in [5.74, 6) is 1.12. The van der Waals surface area contributed by atoms with E-state index >= 15 is 0 Å². The highest BCUT2D eigenvalue weighted by atomic mass is 16.5. The number of amides is 1. The smallest absolute Gasteiger partial charge is 0.251 e. The first kappa shape index (κ1) is 20.6. The quantitative estimate of drug-likeness (QED) is 0.754. The van der Waals surface area contributed by atoms with Gasteiger partial charge < -0.3 is 15.0 Å². The maximum absolute atomic E-state index is 13.4. The summed E-state index contributed by atoms with van der Waals surface area (Å²) in [5.41, 5.74) is 3.27. The van der Waals surface area contributed by atoms with Crippen molar-refractivity contribution < 1.29 is 9.53 Å². The molecular weight excluding hydrogens is 384 g/mol. The topological polar surface area (TPSA) is 41.6 Å². The van der Waals surface area contributed by atoms with Gasteiger partial charge >= 0.3 is 0 Å². The van der Waals surface area contributed by atoms with Crippen molar-refractivity contribution in [2.75, 3.05) is 25.6 Å². The molecule has 0 radical (unpaired) electrons. The molecule has 2 aromatic rings. The maximum Gasteiger partial charge on any atom is 0.251 e. The lowest BCUT2D eigenvalue weighted by Crippen LogP contribution is -2.58. The van der Waals surface area contributed by atoms with E-state index in [1.807, 2.05) is 43.3 Å². The van der Waals surface area contributed by atoms with Crippen molar-refractivity contribution in [2.45, 2.75) is 45.3 Å². The van der Waals surface area contributed by atoms with Crippen LogP contribution in [-0.2, 0) is 4.74 Å². The lowest BCUT2D eigenvalue weighted by molar-refractivity contribution is -0.120. The average molecular weight is 419 g/mol. The Kier molecular flexibility index (Phi) is 4.89. The Hall–Kier alpha value is -2.33. The van der Waals surface area contributed by atoms with E-state index in [1.54, 1.807) is 0 Å². The van der Waals surface area contributed by atoms with Crippen LogP contribution in [-0.4, -0.2) is 32.7 Å². The lowest BCUT2D eigenvalue weighted by Gasteiger charge is -2.53. The summed E-state index contributed by atoms with van der Waals surface area (Å²) in [7, 11) is 4.01. The Morgan fingerprint density at radius 2 is 1.87 bits per heavy atom. The van der Waals surface area contributed by atoms with Crippen molar-refractivity contribution in [1.29, 1.82) is 0 Å². The molecule has 4 nitrogen and oxygen atoms in total. The number of carbonyl (C=O) groups excluding carboxylic acids is 1. The fourth-order valence-electron chi connectivity index (χ4n) is 6.90. The summed E-state index contributed by atoms with van der Waals surface area (Å²) in [4.78, 5) is 15.4. The van der Waals surface area contributed by atoms with Crippen LogP contribution >= 0.6 is 0 Å². The zero-order valence-corrected chi connectivity index (χ0v) is 19.1. The molecule has 1 saturated heterocycles. The second-order valence-corrected chi connectivity index (χ2v) is 10.6. The van der Waals surface area contributed by atoms with Crippen molar-refractivity contribution in [3.05, 3.63) is 65.7 Å². The molecule has 2 aliphatic carbocycles. The zero-order valence-electron chi connectivity index (χ0n) is 19.1. The van der Waals surface area contributed by atoms with Gasteiger partial charge in [0.15, 0.2) is 0 Å². The molecule has 164 valence electrons. The van der Waals surface area contributed by atoms with E-state index in [0.717, 1.165) is 24.3 Å². The Bertz CT molecular complexity index is 970. The van der Waals surface area contributed by atoms with Crippen LogP contribution in [0.15, 0.2) is 54.6 Å². The molecule has 4 heteroatoms. The van der Waals surface area contributed by atoms with Crippen LogP contribution in [0.4, 0.5) is 5.69 Å². The van der Waals surface area contributed by atoms with Gasteiger partial charge in [-0.3, -0.25) is 4.79 Å². The van der Waals surface area contributed by atoms with Crippen molar-refractivity contribution in [1.82, 2.24) is 5.32 Å². The molecule has 3 aliphatic rings. The minimum atomic E-state index is 0.0465. The number of hydrogen-bond acceptors (Lipinski definition) is 3. The summed E-state index contributed by atoms with van der Waals surface area (Å²) in [5, 5.41) is 3.53. The number of carbonyl (C=O) groups is 1. The van der Waals surface area contributed by atoms with Gasteiger partial charge in [-0.15, -0.1) is 0 Å². The van der Waals surface area contributed by atoms with E-state index in [9.17, 15) is 4.79 Å². The van der Waals surface area contributed by atoms with Gasteiger partial charge in [0.2, 0.25) is 0 Å². The molecule has 1 amide bonds. The third-order valence-electron chi connectivity index (χ3n) is 8.53. The molecule has 1 spiro atoms. The van der Waals surface area contributed by atoms with E-state index in [2.05, 4.69) is 49.5 Å². The van der Waals surface area contributed by atoms with Crippen LogP contribution in [0.5, 0.6) is 0 Å². The Morgan fingerprint density at radius 1 is 1.10 bits per heavy atom. The Morgan fingerprint density at radius 3 is 2.61 bits per heavy atom. The fourth-order valence-corrected chi connectivity index (χ4v) is 6.90. The first-order chi connectivity index (χ1) is 14.8. The molecule has 2 bridgehead atoms. The van der Waals surface area contributed by atoms with E-state index in [1.165, 1.54) is 18.4 Å². The summed E-state index contributed by atoms with van der Waals surface area (Å²) >= 11 is 0. The predicted molar refractivity (Wildman–Crippen MR) is 124 cm³/mol. The van der Waals surface area contributed by atoms with Crippen LogP contribution in [0.2, 0.25) is 0 Å². The second-order valence-electron chi connectivity index (χ2n) is 10.6. The average Bonchev–Trinajstić information content (AvgIpc) is 3.26. The van der Waals surface area contributed by atoms with Crippen LogP contribution < -0.4 is 10.2 Å². The van der Waals surface area contributed by atoms with Crippen LogP contribution in [0.1, 0.15) is 55.1 Å². The van der Waals surface area contributed by atoms with Crippen LogP contribution in [0, 0.1) is 22.7 Å². The standard InChI is InChI=1S/C27H34N2O2/c1-26(2)20-16-22-23(18-9-6-5-7-10-18)31-14-13-27(22,17-20)25(26)28-24(30)19-11-8-12-21(15-19)29(3)4/h5-12,15,20,22-23,25H,13-14,16-17H2,1-4H3,(H,28,30)/t20-,22-,23-,25+,27?/m1/s1. The van der Waals surface area contributed by atoms with Gasteiger partial charge in [0.1, 0.15) is 0 Å². The molecule has 1 aliphatic heterocycles.